The SMILES string of the molecule is COc1ccc(CCC2CC(=O)CCCN2)cc1. The molecule has 0 aliphatic carbocycles. The van der Waals surface area contributed by atoms with Gasteiger partial charge in [-0.3, -0.25) is 4.79 Å². The molecule has 0 spiro atoms. The maximum Gasteiger partial charge on any atom is 0.134 e. The fourth-order valence-corrected chi connectivity index (χ4v) is 2.38. The van der Waals surface area contributed by atoms with Crippen molar-refractivity contribution in [2.75, 3.05) is 13.7 Å². The molecular formula is C15H21NO2. The first kappa shape index (κ1) is 13.1. The smallest absolute Gasteiger partial charge is 0.134 e. The summed E-state index contributed by atoms with van der Waals surface area (Å²) in [5, 5.41) is 3.46. The van der Waals surface area contributed by atoms with Crippen molar-refractivity contribution in [1.29, 1.82) is 0 Å². The molecule has 1 fully saturated rings. The lowest BCUT2D eigenvalue weighted by Crippen LogP contribution is -2.29. The number of nitrogens with one attached hydrogen (secondary N) is 1. The third-order valence-electron chi connectivity index (χ3n) is 3.48. The van der Waals surface area contributed by atoms with E-state index in [1.807, 2.05) is 12.1 Å². The molecule has 1 aromatic rings. The summed E-state index contributed by atoms with van der Waals surface area (Å²) in [6.07, 6.45) is 4.45. The number of carbonyl (C=O) groups is 1. The number of hydrogen-bond acceptors (Lipinski definition) is 3. The predicted octanol–water partition coefficient (Wildman–Crippen LogP) is 2.34. The highest BCUT2D eigenvalue weighted by atomic mass is 16.5. The first-order chi connectivity index (χ1) is 8.78. The Bertz CT molecular complexity index is 386. The quantitative estimate of drug-likeness (QED) is 0.887. The van der Waals surface area contributed by atoms with Gasteiger partial charge in [-0.15, -0.1) is 0 Å². The van der Waals surface area contributed by atoms with Crippen LogP contribution in [0.1, 0.15) is 31.2 Å². The van der Waals surface area contributed by atoms with Crippen molar-refractivity contribution in [2.45, 2.75) is 38.1 Å². The summed E-state index contributed by atoms with van der Waals surface area (Å²) in [7, 11) is 1.68. The Morgan fingerprint density at radius 1 is 1.33 bits per heavy atom. The van der Waals surface area contributed by atoms with E-state index in [4.69, 9.17) is 4.74 Å². The van der Waals surface area contributed by atoms with Crippen molar-refractivity contribution >= 4 is 5.78 Å². The number of ketones is 1. The number of ether oxygens (including phenoxy) is 1. The second kappa shape index (κ2) is 6.55. The van der Waals surface area contributed by atoms with E-state index in [9.17, 15) is 4.79 Å². The maximum absolute atomic E-state index is 11.5. The second-order valence-corrected chi connectivity index (χ2v) is 4.88. The van der Waals surface area contributed by atoms with Crippen molar-refractivity contribution in [1.82, 2.24) is 5.32 Å². The fourth-order valence-electron chi connectivity index (χ4n) is 2.38. The molecule has 18 heavy (non-hydrogen) atoms. The van der Waals surface area contributed by atoms with Gasteiger partial charge in [0.2, 0.25) is 0 Å². The molecule has 0 bridgehead atoms. The number of carbonyl (C=O) groups excluding carboxylic acids is 1. The van der Waals surface area contributed by atoms with Crippen LogP contribution in [0, 0.1) is 0 Å². The summed E-state index contributed by atoms with van der Waals surface area (Å²) >= 11 is 0. The zero-order valence-electron chi connectivity index (χ0n) is 10.9. The van der Waals surface area contributed by atoms with E-state index in [0.29, 0.717) is 18.2 Å². The van der Waals surface area contributed by atoms with Crippen LogP contribution in [0.15, 0.2) is 24.3 Å². The molecule has 0 amide bonds. The lowest BCUT2D eigenvalue weighted by molar-refractivity contribution is -0.119. The van der Waals surface area contributed by atoms with Gasteiger partial charge in [0, 0.05) is 18.9 Å². The average molecular weight is 247 g/mol. The van der Waals surface area contributed by atoms with Crippen molar-refractivity contribution in [3.63, 3.8) is 0 Å². The summed E-state index contributed by atoms with van der Waals surface area (Å²) in [5.41, 5.74) is 1.30. The number of Topliss-reactive ketones (excluding diaryl/α,β-unsaturated/α-hetero) is 1. The van der Waals surface area contributed by atoms with Gasteiger partial charge in [0.15, 0.2) is 0 Å². The van der Waals surface area contributed by atoms with Crippen LogP contribution in [0.25, 0.3) is 0 Å². The first-order valence-electron chi connectivity index (χ1n) is 6.66. The van der Waals surface area contributed by atoms with Crippen LogP contribution in [0.2, 0.25) is 0 Å². The third-order valence-corrected chi connectivity index (χ3v) is 3.48. The van der Waals surface area contributed by atoms with Gasteiger partial charge < -0.3 is 10.1 Å². The van der Waals surface area contributed by atoms with Crippen molar-refractivity contribution in [2.24, 2.45) is 0 Å². The van der Waals surface area contributed by atoms with Gasteiger partial charge in [-0.2, -0.15) is 0 Å². The van der Waals surface area contributed by atoms with Gasteiger partial charge >= 0.3 is 0 Å². The van der Waals surface area contributed by atoms with Crippen LogP contribution in [-0.2, 0) is 11.2 Å². The molecule has 3 heteroatoms. The number of rotatable bonds is 4. The Morgan fingerprint density at radius 2 is 2.11 bits per heavy atom. The van der Waals surface area contributed by atoms with E-state index < -0.39 is 0 Å². The molecular weight excluding hydrogens is 226 g/mol. The zero-order valence-corrected chi connectivity index (χ0v) is 10.9. The minimum absolute atomic E-state index is 0.349. The first-order valence-corrected chi connectivity index (χ1v) is 6.66. The van der Waals surface area contributed by atoms with Crippen LogP contribution in [0.3, 0.4) is 0 Å². The lowest BCUT2D eigenvalue weighted by atomic mass is 10.0. The van der Waals surface area contributed by atoms with Crippen molar-refractivity contribution < 1.29 is 9.53 Å². The Labute approximate surface area is 109 Å². The molecule has 1 heterocycles. The van der Waals surface area contributed by atoms with Crippen LogP contribution >= 0.6 is 0 Å². The average Bonchev–Trinajstić information content (AvgIpc) is 2.61. The molecule has 1 saturated heterocycles. The monoisotopic (exact) mass is 247 g/mol. The van der Waals surface area contributed by atoms with Crippen LogP contribution in [0.5, 0.6) is 5.75 Å². The number of aryl methyl sites for hydroxylation is 1. The van der Waals surface area contributed by atoms with E-state index in [1.54, 1.807) is 7.11 Å². The normalized spacial score (nSPS) is 20.5. The molecule has 1 aromatic carbocycles. The Morgan fingerprint density at radius 3 is 2.83 bits per heavy atom. The molecule has 2 rings (SSSR count). The van der Waals surface area contributed by atoms with Crippen molar-refractivity contribution in [3.8, 4) is 5.75 Å². The molecule has 3 nitrogen and oxygen atoms in total. The summed E-state index contributed by atoms with van der Waals surface area (Å²) in [4.78, 5) is 11.5. The summed E-state index contributed by atoms with van der Waals surface area (Å²) < 4.78 is 5.14. The number of hydrogen-bond donors (Lipinski definition) is 1. The van der Waals surface area contributed by atoms with E-state index >= 15 is 0 Å². The maximum atomic E-state index is 11.5. The number of methoxy groups -OCH3 is 1. The molecule has 1 unspecified atom stereocenters. The Balaban J connectivity index is 1.84. The molecule has 1 atom stereocenters. The van der Waals surface area contributed by atoms with Crippen LogP contribution in [-0.4, -0.2) is 25.5 Å². The summed E-state index contributed by atoms with van der Waals surface area (Å²) in [6, 6.07) is 8.51. The lowest BCUT2D eigenvalue weighted by Gasteiger charge is -2.14. The predicted molar refractivity (Wildman–Crippen MR) is 72.0 cm³/mol. The molecule has 0 aromatic heterocycles. The van der Waals surface area contributed by atoms with Gasteiger partial charge in [0.25, 0.3) is 0 Å². The zero-order chi connectivity index (χ0) is 12.8. The molecule has 0 saturated carbocycles. The van der Waals surface area contributed by atoms with Gasteiger partial charge in [-0.1, -0.05) is 12.1 Å². The van der Waals surface area contributed by atoms with E-state index in [1.165, 1.54) is 5.56 Å². The van der Waals surface area contributed by atoms with E-state index in [-0.39, 0.29) is 0 Å². The molecule has 1 aliphatic rings. The van der Waals surface area contributed by atoms with Gasteiger partial charge in [0.05, 0.1) is 7.11 Å². The van der Waals surface area contributed by atoms with Gasteiger partial charge in [0.1, 0.15) is 11.5 Å². The third kappa shape index (κ3) is 3.84. The highest BCUT2D eigenvalue weighted by Gasteiger charge is 2.16. The fraction of sp³-hybridized carbons (Fsp3) is 0.533. The molecule has 1 aliphatic heterocycles. The Kier molecular flexibility index (Phi) is 4.76. The minimum atomic E-state index is 0.349. The molecule has 1 N–H and O–H groups in total. The van der Waals surface area contributed by atoms with E-state index in [2.05, 4.69) is 17.4 Å². The van der Waals surface area contributed by atoms with Gasteiger partial charge in [-0.25, -0.2) is 0 Å². The highest BCUT2D eigenvalue weighted by molar-refractivity contribution is 5.79. The summed E-state index contributed by atoms with van der Waals surface area (Å²) in [5.74, 6) is 1.29. The topological polar surface area (TPSA) is 38.3 Å². The van der Waals surface area contributed by atoms with Gasteiger partial charge in [-0.05, 0) is 43.5 Å². The van der Waals surface area contributed by atoms with Crippen molar-refractivity contribution in [3.05, 3.63) is 29.8 Å². The second-order valence-electron chi connectivity index (χ2n) is 4.88. The van der Waals surface area contributed by atoms with E-state index in [0.717, 1.165) is 38.0 Å². The highest BCUT2D eigenvalue weighted by Crippen LogP contribution is 2.15. The van der Waals surface area contributed by atoms with Crippen LogP contribution < -0.4 is 10.1 Å². The van der Waals surface area contributed by atoms with Crippen LogP contribution in [0.4, 0.5) is 0 Å². The standard InChI is InChI=1S/C15H21NO2/c1-18-15-8-5-12(6-9-15)4-7-13-11-14(17)3-2-10-16-13/h5-6,8-9,13,16H,2-4,7,10-11H2,1H3. The summed E-state index contributed by atoms with van der Waals surface area (Å²) in [6.45, 7) is 0.971. The largest absolute Gasteiger partial charge is 0.497 e. The number of benzene rings is 1. The molecule has 0 radical (unpaired) electrons. The minimum Gasteiger partial charge on any atom is -0.497 e. The Hall–Kier alpha value is -1.35. The molecule has 98 valence electrons.